The van der Waals surface area contributed by atoms with Crippen LogP contribution >= 0.6 is 0 Å². The van der Waals surface area contributed by atoms with E-state index in [2.05, 4.69) is 14.5 Å². The summed E-state index contributed by atoms with van der Waals surface area (Å²) in [7, 11) is 0.237. The largest absolute Gasteiger partial charge is 0.363 e. The molecule has 1 fully saturated rings. The first-order chi connectivity index (χ1) is 13.0. The topological polar surface area (TPSA) is 71.3 Å². The molecule has 27 heavy (non-hydrogen) atoms. The Bertz CT molecular complexity index is 905. The summed E-state index contributed by atoms with van der Waals surface area (Å²) in [5, 5.41) is 0. The van der Waals surface area contributed by atoms with Crippen molar-refractivity contribution in [3.8, 4) is 0 Å². The first kappa shape index (κ1) is 18.4. The van der Waals surface area contributed by atoms with Crippen LogP contribution in [0.2, 0.25) is 0 Å². The Morgan fingerprint density at radius 1 is 1.07 bits per heavy atom. The number of pyridine rings is 1. The Morgan fingerprint density at radius 2 is 1.93 bits per heavy atom. The molecule has 8 heteroatoms. The predicted octanol–water partition coefficient (Wildman–Crippen LogP) is 2.25. The maximum atomic E-state index is 13.1. The monoisotopic (exact) mass is 389 g/mol. The van der Waals surface area contributed by atoms with Gasteiger partial charge in [-0.2, -0.15) is 4.31 Å². The molecule has 1 atom stereocenters. The lowest BCUT2D eigenvalue weighted by Crippen LogP contribution is -2.40. The molecule has 0 amide bonds. The molecule has 0 saturated carbocycles. The van der Waals surface area contributed by atoms with Gasteiger partial charge in [0.05, 0.1) is 0 Å². The second kappa shape index (κ2) is 7.24. The van der Waals surface area contributed by atoms with Gasteiger partial charge in [0.25, 0.3) is 0 Å². The van der Waals surface area contributed by atoms with Gasteiger partial charge in [-0.3, -0.25) is 0 Å². The predicted molar refractivity (Wildman–Crippen MR) is 104 cm³/mol. The van der Waals surface area contributed by atoms with Crippen LogP contribution in [0.4, 0.5) is 5.82 Å². The number of aromatic nitrogens is 3. The molecule has 2 aromatic rings. The number of nitrogens with zero attached hydrogens (tertiary/aromatic N) is 5. The van der Waals surface area contributed by atoms with E-state index in [9.17, 15) is 8.42 Å². The van der Waals surface area contributed by atoms with Crippen molar-refractivity contribution in [3.63, 3.8) is 0 Å². The highest BCUT2D eigenvalue weighted by atomic mass is 32.2. The van der Waals surface area contributed by atoms with E-state index in [1.807, 2.05) is 25.2 Å². The number of aryl methyl sites for hydroxylation is 1. The fourth-order valence-corrected chi connectivity index (χ4v) is 5.57. The zero-order chi connectivity index (χ0) is 19.0. The number of piperidine rings is 1. The molecule has 0 aliphatic carbocycles. The summed E-state index contributed by atoms with van der Waals surface area (Å²) >= 11 is 0. The van der Waals surface area contributed by atoms with Gasteiger partial charge in [-0.05, 0) is 44.2 Å². The number of imidazole rings is 1. The molecule has 1 unspecified atom stereocenters. The summed E-state index contributed by atoms with van der Waals surface area (Å²) in [6.45, 7) is 2.06. The number of hydrogen-bond acceptors (Lipinski definition) is 5. The van der Waals surface area contributed by atoms with Crippen LogP contribution in [0, 0.1) is 0 Å². The number of fused-ring (bicyclic) bond motifs is 1. The molecular formula is C19H27N5O2S. The van der Waals surface area contributed by atoms with Crippen molar-refractivity contribution < 1.29 is 8.42 Å². The minimum atomic E-state index is -3.53. The Balaban J connectivity index is 1.56. The van der Waals surface area contributed by atoms with E-state index in [0.29, 0.717) is 13.1 Å². The molecule has 4 heterocycles. The van der Waals surface area contributed by atoms with Gasteiger partial charge in [-0.15, -0.1) is 0 Å². The lowest BCUT2D eigenvalue weighted by Gasteiger charge is -2.32. The molecule has 4 rings (SSSR count). The van der Waals surface area contributed by atoms with E-state index < -0.39 is 10.0 Å². The van der Waals surface area contributed by atoms with Gasteiger partial charge in [0.1, 0.15) is 16.5 Å². The van der Waals surface area contributed by atoms with Crippen molar-refractivity contribution in [1.82, 2.24) is 18.8 Å². The van der Waals surface area contributed by atoms with Crippen LogP contribution in [0.1, 0.15) is 43.1 Å². The lowest BCUT2D eigenvalue weighted by atomic mass is 9.98. The maximum absolute atomic E-state index is 13.1. The van der Waals surface area contributed by atoms with Gasteiger partial charge in [0.15, 0.2) is 0 Å². The number of hydrogen-bond donors (Lipinski definition) is 0. The van der Waals surface area contributed by atoms with Gasteiger partial charge in [0.2, 0.25) is 10.0 Å². The summed E-state index contributed by atoms with van der Waals surface area (Å²) < 4.78 is 30.2. The maximum Gasteiger partial charge on any atom is 0.244 e. The van der Waals surface area contributed by atoms with Gasteiger partial charge in [0, 0.05) is 57.7 Å². The second-order valence-electron chi connectivity index (χ2n) is 7.67. The lowest BCUT2D eigenvalue weighted by molar-refractivity contribution is 0.302. The molecule has 0 spiro atoms. The van der Waals surface area contributed by atoms with Crippen LogP contribution in [0.15, 0.2) is 29.4 Å². The van der Waals surface area contributed by atoms with E-state index in [1.165, 1.54) is 24.7 Å². The Morgan fingerprint density at radius 3 is 2.67 bits per heavy atom. The van der Waals surface area contributed by atoms with Crippen LogP contribution < -0.4 is 4.90 Å². The summed E-state index contributed by atoms with van der Waals surface area (Å²) in [5.74, 6) is 1.97. The minimum Gasteiger partial charge on any atom is -0.363 e. The summed E-state index contributed by atoms with van der Waals surface area (Å²) in [4.78, 5) is 11.1. The molecule has 2 aliphatic heterocycles. The van der Waals surface area contributed by atoms with Crippen molar-refractivity contribution in [2.24, 2.45) is 0 Å². The van der Waals surface area contributed by atoms with Crippen LogP contribution in [0.3, 0.4) is 0 Å². The fourth-order valence-electron chi connectivity index (χ4n) is 4.10. The number of anilines is 1. The molecule has 0 bridgehead atoms. The Hall–Kier alpha value is -1.93. The number of sulfonamides is 1. The third kappa shape index (κ3) is 3.48. The third-order valence-corrected chi connectivity index (χ3v) is 7.45. The summed E-state index contributed by atoms with van der Waals surface area (Å²) in [5.41, 5.74) is 1.29. The average molecular weight is 390 g/mol. The zero-order valence-corrected chi connectivity index (χ0v) is 16.8. The molecule has 2 aliphatic rings. The zero-order valence-electron chi connectivity index (χ0n) is 16.0. The minimum absolute atomic E-state index is 0.161. The fraction of sp³-hybridized carbons (Fsp3) is 0.579. The molecule has 0 radical (unpaired) electrons. The Kier molecular flexibility index (Phi) is 4.94. The molecule has 0 N–H and O–H groups in total. The molecule has 146 valence electrons. The van der Waals surface area contributed by atoms with Crippen LogP contribution in [0.25, 0.3) is 0 Å². The van der Waals surface area contributed by atoms with Crippen molar-refractivity contribution in [1.29, 1.82) is 0 Å². The average Bonchev–Trinajstić information content (AvgIpc) is 3.12. The molecule has 1 saturated heterocycles. The highest BCUT2D eigenvalue weighted by molar-refractivity contribution is 7.89. The van der Waals surface area contributed by atoms with Gasteiger partial charge in [-0.25, -0.2) is 18.4 Å². The van der Waals surface area contributed by atoms with E-state index in [1.54, 1.807) is 16.4 Å². The number of rotatable bonds is 4. The standard InChI is InChI=1S/C19H27N5O2S/c1-22(2)18-9-8-17(13-20-18)27(25,26)23-10-5-6-15(14-23)19-21-12-16-7-3-4-11-24(16)19/h8-9,12-13,15H,3-7,10-11,14H2,1-2H3. The highest BCUT2D eigenvalue weighted by Crippen LogP contribution is 2.31. The normalized spacial score (nSPS) is 21.0. The summed E-state index contributed by atoms with van der Waals surface area (Å²) in [6, 6.07) is 3.40. The van der Waals surface area contributed by atoms with Crippen LogP contribution in [-0.4, -0.2) is 54.4 Å². The van der Waals surface area contributed by atoms with Crippen molar-refractivity contribution in [2.45, 2.75) is 49.5 Å². The van der Waals surface area contributed by atoms with E-state index >= 15 is 0 Å². The van der Waals surface area contributed by atoms with Crippen LogP contribution in [-0.2, 0) is 23.0 Å². The van der Waals surface area contributed by atoms with Gasteiger partial charge >= 0.3 is 0 Å². The molecule has 7 nitrogen and oxygen atoms in total. The van der Waals surface area contributed by atoms with E-state index in [4.69, 9.17) is 0 Å². The van der Waals surface area contributed by atoms with Crippen molar-refractivity contribution in [3.05, 3.63) is 36.0 Å². The molecule has 2 aromatic heterocycles. The first-order valence-electron chi connectivity index (χ1n) is 9.64. The Labute approximate surface area is 161 Å². The second-order valence-corrected chi connectivity index (χ2v) is 9.60. The first-order valence-corrected chi connectivity index (χ1v) is 11.1. The van der Waals surface area contributed by atoms with Crippen molar-refractivity contribution in [2.75, 3.05) is 32.1 Å². The SMILES string of the molecule is CN(C)c1ccc(S(=O)(=O)N2CCCC(c3ncc4n3CCCC4)C2)cn1. The van der Waals surface area contributed by atoms with Gasteiger partial charge < -0.3 is 9.47 Å². The highest BCUT2D eigenvalue weighted by Gasteiger charge is 2.33. The van der Waals surface area contributed by atoms with E-state index in [-0.39, 0.29) is 10.8 Å². The summed E-state index contributed by atoms with van der Waals surface area (Å²) in [6.07, 6.45) is 8.75. The van der Waals surface area contributed by atoms with E-state index in [0.717, 1.165) is 37.4 Å². The molecule has 0 aromatic carbocycles. The van der Waals surface area contributed by atoms with Gasteiger partial charge in [-0.1, -0.05) is 0 Å². The quantitative estimate of drug-likeness (QED) is 0.802. The smallest absolute Gasteiger partial charge is 0.244 e. The van der Waals surface area contributed by atoms with Crippen molar-refractivity contribution >= 4 is 15.8 Å². The third-order valence-electron chi connectivity index (χ3n) is 5.60. The molecular weight excluding hydrogens is 362 g/mol. The van der Waals surface area contributed by atoms with Crippen LogP contribution in [0.5, 0.6) is 0 Å².